The molecule has 1 aromatic rings. The first kappa shape index (κ1) is 13.5. The maximum absolute atomic E-state index is 11.4. The fourth-order valence-electron chi connectivity index (χ4n) is 1.73. The number of nitrogens with one attached hydrogen (secondary N) is 1. The van der Waals surface area contributed by atoms with Crippen LogP contribution in [0.25, 0.3) is 0 Å². The molecule has 0 aliphatic rings. The smallest absolute Gasteiger partial charge is 0.221 e. The van der Waals surface area contributed by atoms with Crippen molar-refractivity contribution < 1.29 is 4.79 Å². The van der Waals surface area contributed by atoms with Crippen molar-refractivity contribution in [2.75, 3.05) is 25.0 Å². The van der Waals surface area contributed by atoms with Crippen molar-refractivity contribution in [2.45, 2.75) is 19.9 Å². The van der Waals surface area contributed by atoms with Crippen LogP contribution < -0.4 is 16.0 Å². The number of nitrogens with two attached hydrogens (primary N) is 1. The van der Waals surface area contributed by atoms with E-state index in [2.05, 4.69) is 10.2 Å². The minimum Gasteiger partial charge on any atom is -0.374 e. The van der Waals surface area contributed by atoms with Gasteiger partial charge < -0.3 is 16.0 Å². The predicted molar refractivity (Wildman–Crippen MR) is 70.9 cm³/mol. The first-order valence-electron chi connectivity index (χ1n) is 5.94. The van der Waals surface area contributed by atoms with Crippen molar-refractivity contribution in [1.29, 1.82) is 0 Å². The maximum Gasteiger partial charge on any atom is 0.221 e. The van der Waals surface area contributed by atoms with Crippen molar-refractivity contribution >= 4 is 11.6 Å². The van der Waals surface area contributed by atoms with E-state index in [0.717, 1.165) is 11.3 Å². The van der Waals surface area contributed by atoms with Gasteiger partial charge in [-0.25, -0.2) is 0 Å². The van der Waals surface area contributed by atoms with Gasteiger partial charge in [0.2, 0.25) is 5.91 Å². The fourth-order valence-corrected chi connectivity index (χ4v) is 1.73. The number of carbonyl (C=O) groups excluding carboxylic acids is 1. The first-order chi connectivity index (χ1) is 8.19. The Bertz CT molecular complexity index is 365. The molecule has 0 spiro atoms. The van der Waals surface area contributed by atoms with Crippen LogP contribution in [-0.2, 0) is 11.3 Å². The molecular formula is C13H21N3O. The lowest BCUT2D eigenvalue weighted by Crippen LogP contribution is -2.29. The van der Waals surface area contributed by atoms with Gasteiger partial charge in [-0.2, -0.15) is 0 Å². The van der Waals surface area contributed by atoms with Gasteiger partial charge in [-0.1, -0.05) is 18.2 Å². The summed E-state index contributed by atoms with van der Waals surface area (Å²) in [6.45, 7) is 3.82. The van der Waals surface area contributed by atoms with Gasteiger partial charge in [0.25, 0.3) is 0 Å². The summed E-state index contributed by atoms with van der Waals surface area (Å²) >= 11 is 0. The van der Waals surface area contributed by atoms with E-state index in [1.807, 2.05) is 38.2 Å². The Morgan fingerprint density at radius 2 is 2.12 bits per heavy atom. The third-order valence-electron chi connectivity index (χ3n) is 2.67. The van der Waals surface area contributed by atoms with Gasteiger partial charge >= 0.3 is 0 Å². The molecule has 4 nitrogen and oxygen atoms in total. The normalized spacial score (nSPS) is 10.1. The third kappa shape index (κ3) is 4.07. The molecule has 0 radical (unpaired) electrons. The summed E-state index contributed by atoms with van der Waals surface area (Å²) in [6.07, 6.45) is 0.503. The number of hydrogen-bond acceptors (Lipinski definition) is 3. The summed E-state index contributed by atoms with van der Waals surface area (Å²) in [5.74, 6) is 0.0876. The largest absolute Gasteiger partial charge is 0.374 e. The van der Waals surface area contributed by atoms with Crippen molar-refractivity contribution in [2.24, 2.45) is 5.73 Å². The summed E-state index contributed by atoms with van der Waals surface area (Å²) in [5.41, 5.74) is 7.89. The van der Waals surface area contributed by atoms with Crippen molar-refractivity contribution in [3.8, 4) is 0 Å². The van der Waals surface area contributed by atoms with Crippen molar-refractivity contribution in [3.63, 3.8) is 0 Å². The number of amides is 1. The molecule has 17 heavy (non-hydrogen) atoms. The summed E-state index contributed by atoms with van der Waals surface area (Å²) in [7, 11) is 1.98. The average molecular weight is 235 g/mol. The van der Waals surface area contributed by atoms with Crippen LogP contribution in [-0.4, -0.2) is 26.0 Å². The van der Waals surface area contributed by atoms with E-state index in [0.29, 0.717) is 26.1 Å². The Morgan fingerprint density at radius 3 is 2.76 bits per heavy atom. The third-order valence-corrected chi connectivity index (χ3v) is 2.67. The molecule has 0 unspecified atom stereocenters. The molecule has 0 atom stereocenters. The highest BCUT2D eigenvalue weighted by Crippen LogP contribution is 2.18. The van der Waals surface area contributed by atoms with Crippen LogP contribution in [0.2, 0.25) is 0 Å². The summed E-state index contributed by atoms with van der Waals surface area (Å²) in [4.78, 5) is 13.4. The molecule has 0 aromatic heterocycles. The molecule has 0 bridgehead atoms. The topological polar surface area (TPSA) is 58.4 Å². The molecule has 1 amide bonds. The van der Waals surface area contributed by atoms with Crippen LogP contribution >= 0.6 is 0 Å². The predicted octanol–water partition coefficient (Wildman–Crippen LogP) is 1.11. The molecule has 4 heteroatoms. The molecule has 0 aliphatic heterocycles. The molecule has 0 heterocycles. The quantitative estimate of drug-likeness (QED) is 0.776. The monoisotopic (exact) mass is 235 g/mol. The van der Waals surface area contributed by atoms with Crippen LogP contribution in [0.5, 0.6) is 0 Å². The SMILES string of the molecule is CCNC(=O)CCN(C)c1ccccc1CN. The second kappa shape index (κ2) is 6.91. The lowest BCUT2D eigenvalue weighted by Gasteiger charge is -2.21. The zero-order chi connectivity index (χ0) is 12.7. The number of rotatable bonds is 6. The molecule has 0 saturated carbocycles. The molecule has 0 fully saturated rings. The van der Waals surface area contributed by atoms with E-state index in [9.17, 15) is 4.79 Å². The van der Waals surface area contributed by atoms with Gasteiger partial charge in [0, 0.05) is 38.8 Å². The van der Waals surface area contributed by atoms with Gasteiger partial charge in [0.05, 0.1) is 0 Å². The maximum atomic E-state index is 11.4. The van der Waals surface area contributed by atoms with E-state index >= 15 is 0 Å². The standard InChI is InChI=1S/C13H21N3O/c1-3-15-13(17)8-9-16(2)12-7-5-4-6-11(12)10-14/h4-7H,3,8-10,14H2,1-2H3,(H,15,17). The zero-order valence-electron chi connectivity index (χ0n) is 10.6. The Hall–Kier alpha value is -1.55. The number of para-hydroxylation sites is 1. The minimum absolute atomic E-state index is 0.0876. The van der Waals surface area contributed by atoms with Gasteiger partial charge in [-0.15, -0.1) is 0 Å². The molecule has 0 saturated heterocycles. The van der Waals surface area contributed by atoms with Crippen LogP contribution in [0.4, 0.5) is 5.69 Å². The van der Waals surface area contributed by atoms with Gasteiger partial charge in [-0.3, -0.25) is 4.79 Å². The highest BCUT2D eigenvalue weighted by atomic mass is 16.1. The number of anilines is 1. The lowest BCUT2D eigenvalue weighted by atomic mass is 10.1. The molecule has 3 N–H and O–H groups in total. The van der Waals surface area contributed by atoms with Gasteiger partial charge in [0.15, 0.2) is 0 Å². The Morgan fingerprint density at radius 1 is 1.41 bits per heavy atom. The van der Waals surface area contributed by atoms with Crippen LogP contribution in [0.1, 0.15) is 18.9 Å². The number of benzene rings is 1. The van der Waals surface area contributed by atoms with E-state index < -0.39 is 0 Å². The van der Waals surface area contributed by atoms with Gasteiger partial charge in [-0.05, 0) is 18.6 Å². The number of carbonyl (C=O) groups is 1. The average Bonchev–Trinajstić information content (AvgIpc) is 2.36. The van der Waals surface area contributed by atoms with Crippen LogP contribution in [0, 0.1) is 0 Å². The van der Waals surface area contributed by atoms with E-state index in [1.165, 1.54) is 0 Å². The molecule has 1 rings (SSSR count). The fraction of sp³-hybridized carbons (Fsp3) is 0.462. The minimum atomic E-state index is 0.0876. The molecule has 94 valence electrons. The molecule has 1 aromatic carbocycles. The van der Waals surface area contributed by atoms with Gasteiger partial charge in [0.1, 0.15) is 0 Å². The highest BCUT2D eigenvalue weighted by molar-refractivity contribution is 5.76. The second-order valence-electron chi connectivity index (χ2n) is 3.96. The van der Waals surface area contributed by atoms with Crippen molar-refractivity contribution in [3.05, 3.63) is 29.8 Å². The second-order valence-corrected chi connectivity index (χ2v) is 3.96. The first-order valence-corrected chi connectivity index (χ1v) is 5.94. The van der Waals surface area contributed by atoms with Crippen LogP contribution in [0.15, 0.2) is 24.3 Å². The molecular weight excluding hydrogens is 214 g/mol. The Balaban J connectivity index is 2.57. The van der Waals surface area contributed by atoms with E-state index in [4.69, 9.17) is 5.73 Å². The summed E-state index contributed by atoms with van der Waals surface area (Å²) < 4.78 is 0. The Kier molecular flexibility index (Phi) is 5.49. The highest BCUT2D eigenvalue weighted by Gasteiger charge is 2.07. The summed E-state index contributed by atoms with van der Waals surface area (Å²) in [5, 5.41) is 2.79. The summed E-state index contributed by atoms with van der Waals surface area (Å²) in [6, 6.07) is 8.00. The number of nitrogens with zero attached hydrogens (tertiary/aromatic N) is 1. The Labute approximate surface area is 103 Å². The zero-order valence-corrected chi connectivity index (χ0v) is 10.6. The van der Waals surface area contributed by atoms with E-state index in [1.54, 1.807) is 0 Å². The van der Waals surface area contributed by atoms with Crippen molar-refractivity contribution in [1.82, 2.24) is 5.32 Å². The molecule has 0 aliphatic carbocycles. The number of hydrogen-bond donors (Lipinski definition) is 2. The van der Waals surface area contributed by atoms with Crippen LogP contribution in [0.3, 0.4) is 0 Å². The van der Waals surface area contributed by atoms with E-state index in [-0.39, 0.29) is 5.91 Å². The lowest BCUT2D eigenvalue weighted by molar-refractivity contribution is -0.120.